The van der Waals surface area contributed by atoms with Gasteiger partial charge in [-0.1, -0.05) is 25.1 Å². The summed E-state index contributed by atoms with van der Waals surface area (Å²) in [6, 6.07) is 10.6. The molecule has 1 fully saturated rings. The predicted molar refractivity (Wildman–Crippen MR) is 136 cm³/mol. The van der Waals surface area contributed by atoms with Crippen LogP contribution in [0.2, 0.25) is 0 Å². The molecule has 0 radical (unpaired) electrons. The maximum atomic E-state index is 12.7. The Kier molecular flexibility index (Phi) is 7.14. The number of likely N-dealkylation sites (tertiary alicyclic amines) is 1. The second kappa shape index (κ2) is 10.4. The van der Waals surface area contributed by atoms with E-state index >= 15 is 0 Å². The van der Waals surface area contributed by atoms with Crippen molar-refractivity contribution < 1.29 is 9.59 Å². The van der Waals surface area contributed by atoms with E-state index in [1.165, 1.54) is 4.68 Å². The van der Waals surface area contributed by atoms with E-state index in [4.69, 9.17) is 16.6 Å². The molecule has 9 heteroatoms. The van der Waals surface area contributed by atoms with E-state index in [9.17, 15) is 9.59 Å². The molecule has 0 unspecified atom stereocenters. The van der Waals surface area contributed by atoms with Crippen molar-refractivity contribution in [1.82, 2.24) is 19.5 Å². The molecule has 1 saturated heterocycles. The highest BCUT2D eigenvalue weighted by molar-refractivity contribution is 6.04. The number of anilines is 1. The minimum absolute atomic E-state index is 0.0479. The number of hydrogen-bond donors (Lipinski definition) is 3. The monoisotopic (exact) mass is 473 g/mol. The van der Waals surface area contributed by atoms with Gasteiger partial charge in [0.05, 0.1) is 6.04 Å². The standard InChI is InChI=1S/C26H31N7O2/c1-3-14-32-15-6-5-7-20(32)25-31-22(23(24(27)34)33(25)28)18-8-10-19(11-9-18)26(35)30-21-16-17(4-2)12-13-29-21/h3,8-14,16,20H,4-7,15,28H2,1-2H3,(H2,27,34)(H,29,30,35)/t20-/m0/s1. The van der Waals surface area contributed by atoms with Crippen LogP contribution in [-0.4, -0.2) is 37.9 Å². The summed E-state index contributed by atoms with van der Waals surface area (Å²) in [5, 5.41) is 2.82. The lowest BCUT2D eigenvalue weighted by Crippen LogP contribution is -2.33. The molecule has 2 amide bonds. The van der Waals surface area contributed by atoms with Gasteiger partial charge >= 0.3 is 0 Å². The molecule has 1 aliphatic rings. The van der Waals surface area contributed by atoms with Gasteiger partial charge in [-0.2, -0.15) is 0 Å². The molecule has 182 valence electrons. The van der Waals surface area contributed by atoms with E-state index < -0.39 is 5.91 Å². The van der Waals surface area contributed by atoms with Gasteiger partial charge in [-0.15, -0.1) is 0 Å². The average Bonchev–Trinajstić information content (AvgIpc) is 3.22. The van der Waals surface area contributed by atoms with Crippen molar-refractivity contribution in [3.8, 4) is 11.3 Å². The molecule has 1 aromatic carbocycles. The van der Waals surface area contributed by atoms with E-state index in [0.29, 0.717) is 28.5 Å². The van der Waals surface area contributed by atoms with E-state index in [2.05, 4.69) is 15.2 Å². The Morgan fingerprint density at radius 1 is 1.20 bits per heavy atom. The van der Waals surface area contributed by atoms with Gasteiger partial charge in [-0.25, -0.2) is 14.6 Å². The minimum Gasteiger partial charge on any atom is -0.368 e. The molecule has 1 aliphatic heterocycles. The van der Waals surface area contributed by atoms with E-state index in [0.717, 1.165) is 37.8 Å². The van der Waals surface area contributed by atoms with Crippen molar-refractivity contribution in [3.05, 3.63) is 77.5 Å². The van der Waals surface area contributed by atoms with Crippen molar-refractivity contribution in [2.75, 3.05) is 17.7 Å². The van der Waals surface area contributed by atoms with Crippen LogP contribution in [0.15, 0.2) is 54.9 Å². The molecule has 0 spiro atoms. The number of rotatable bonds is 7. The molecular formula is C26H31N7O2. The molecule has 9 nitrogen and oxygen atoms in total. The number of allylic oxidation sites excluding steroid dienone is 1. The molecule has 0 saturated carbocycles. The predicted octanol–water partition coefficient (Wildman–Crippen LogP) is 3.63. The fraction of sp³-hybridized carbons (Fsp3) is 0.308. The van der Waals surface area contributed by atoms with Crippen LogP contribution in [-0.2, 0) is 6.42 Å². The molecule has 3 aromatic rings. The largest absolute Gasteiger partial charge is 0.368 e. The summed E-state index contributed by atoms with van der Waals surface area (Å²) in [5.41, 5.74) is 8.44. The number of hydrogen-bond acceptors (Lipinski definition) is 6. The lowest BCUT2D eigenvalue weighted by molar-refractivity contribution is 0.0990. The number of piperidine rings is 1. The van der Waals surface area contributed by atoms with Crippen molar-refractivity contribution in [2.45, 2.75) is 45.6 Å². The minimum atomic E-state index is -0.654. The number of benzene rings is 1. The molecule has 4 rings (SSSR count). The maximum Gasteiger partial charge on any atom is 0.269 e. The number of nitrogens with two attached hydrogens (primary N) is 2. The van der Waals surface area contributed by atoms with Crippen LogP contribution < -0.4 is 16.9 Å². The number of nitrogens with one attached hydrogen (secondary N) is 1. The number of imidazole rings is 1. The van der Waals surface area contributed by atoms with Gasteiger partial charge in [0.1, 0.15) is 11.5 Å². The van der Waals surface area contributed by atoms with Crippen LogP contribution >= 0.6 is 0 Å². The van der Waals surface area contributed by atoms with Crippen molar-refractivity contribution >= 4 is 17.6 Å². The van der Waals surface area contributed by atoms with Crippen LogP contribution in [0, 0.1) is 0 Å². The summed E-state index contributed by atoms with van der Waals surface area (Å²) >= 11 is 0. The Labute approximate surface area is 204 Å². The smallest absolute Gasteiger partial charge is 0.269 e. The van der Waals surface area contributed by atoms with Gasteiger partial charge in [-0.3, -0.25) is 9.59 Å². The summed E-state index contributed by atoms with van der Waals surface area (Å²) in [4.78, 5) is 36.2. The molecular weight excluding hydrogens is 442 g/mol. The molecule has 5 N–H and O–H groups in total. The fourth-order valence-electron chi connectivity index (χ4n) is 4.45. The van der Waals surface area contributed by atoms with E-state index in [-0.39, 0.29) is 17.6 Å². The van der Waals surface area contributed by atoms with Crippen molar-refractivity contribution in [3.63, 3.8) is 0 Å². The van der Waals surface area contributed by atoms with Gasteiger partial charge in [0.25, 0.3) is 11.8 Å². The number of aryl methyl sites for hydroxylation is 1. The van der Waals surface area contributed by atoms with Gasteiger partial charge in [0, 0.05) is 23.9 Å². The fourth-order valence-corrected chi connectivity index (χ4v) is 4.45. The number of pyridine rings is 1. The van der Waals surface area contributed by atoms with Gasteiger partial charge < -0.3 is 21.8 Å². The van der Waals surface area contributed by atoms with E-state index in [1.807, 2.05) is 38.3 Å². The summed E-state index contributed by atoms with van der Waals surface area (Å²) in [7, 11) is 0. The Bertz CT molecular complexity index is 1250. The molecule has 1 atom stereocenters. The highest BCUT2D eigenvalue weighted by atomic mass is 16.2. The molecule has 0 bridgehead atoms. The molecule has 2 aromatic heterocycles. The van der Waals surface area contributed by atoms with Crippen LogP contribution in [0.4, 0.5) is 5.82 Å². The average molecular weight is 474 g/mol. The SMILES string of the molecule is CC=CN1CCCC[C@H]1c1nc(-c2ccc(C(=O)Nc3cc(CC)ccn3)cc2)c(C(N)=O)n1N. The first-order valence-electron chi connectivity index (χ1n) is 11.9. The summed E-state index contributed by atoms with van der Waals surface area (Å²) < 4.78 is 1.32. The van der Waals surface area contributed by atoms with E-state index in [1.54, 1.807) is 30.5 Å². The third-order valence-corrected chi connectivity index (χ3v) is 6.25. The number of aromatic nitrogens is 3. The number of amides is 2. The number of primary amides is 1. The Balaban J connectivity index is 1.62. The first kappa shape index (κ1) is 24.0. The van der Waals surface area contributed by atoms with Gasteiger partial charge in [-0.05, 0) is 68.6 Å². The van der Waals surface area contributed by atoms with Crippen LogP contribution in [0.3, 0.4) is 0 Å². The normalized spacial score (nSPS) is 15.9. The molecule has 3 heterocycles. The van der Waals surface area contributed by atoms with Gasteiger partial charge in [0.15, 0.2) is 11.5 Å². The Hall–Kier alpha value is -4.14. The third-order valence-electron chi connectivity index (χ3n) is 6.25. The summed E-state index contributed by atoms with van der Waals surface area (Å²) in [6.45, 7) is 4.90. The number of nitrogens with zero attached hydrogens (tertiary/aromatic N) is 4. The topological polar surface area (TPSA) is 132 Å². The third kappa shape index (κ3) is 5.03. The molecule has 0 aliphatic carbocycles. The zero-order valence-electron chi connectivity index (χ0n) is 20.1. The quantitative estimate of drug-likeness (QED) is 0.449. The lowest BCUT2D eigenvalue weighted by Gasteiger charge is -2.34. The summed E-state index contributed by atoms with van der Waals surface area (Å²) in [6.07, 6.45) is 9.55. The van der Waals surface area contributed by atoms with Crippen LogP contribution in [0.1, 0.15) is 71.4 Å². The lowest BCUT2D eigenvalue weighted by atomic mass is 10.0. The second-order valence-electron chi connectivity index (χ2n) is 8.57. The van der Waals surface area contributed by atoms with Crippen molar-refractivity contribution in [2.24, 2.45) is 5.73 Å². The molecule has 35 heavy (non-hydrogen) atoms. The highest BCUT2D eigenvalue weighted by Gasteiger charge is 2.30. The van der Waals surface area contributed by atoms with Gasteiger partial charge in [0.2, 0.25) is 0 Å². The zero-order valence-corrected chi connectivity index (χ0v) is 20.1. The first-order valence-corrected chi connectivity index (χ1v) is 11.9. The first-order chi connectivity index (χ1) is 16.9. The highest BCUT2D eigenvalue weighted by Crippen LogP contribution is 2.33. The van der Waals surface area contributed by atoms with Crippen LogP contribution in [0.25, 0.3) is 11.3 Å². The summed E-state index contributed by atoms with van der Waals surface area (Å²) in [5.74, 6) is 6.51. The van der Waals surface area contributed by atoms with Crippen molar-refractivity contribution in [1.29, 1.82) is 0 Å². The number of nitrogen functional groups attached to an aromatic ring is 1. The number of carbonyl (C=O) groups excluding carboxylic acids is 2. The maximum absolute atomic E-state index is 12.7. The number of carbonyl (C=O) groups is 2. The zero-order chi connectivity index (χ0) is 24.9. The Morgan fingerprint density at radius 3 is 2.66 bits per heavy atom. The van der Waals surface area contributed by atoms with Crippen LogP contribution in [0.5, 0.6) is 0 Å². The Morgan fingerprint density at radius 2 is 1.97 bits per heavy atom. The second-order valence-corrected chi connectivity index (χ2v) is 8.57.